The van der Waals surface area contributed by atoms with Crippen molar-refractivity contribution in [2.24, 2.45) is 11.8 Å². The van der Waals surface area contributed by atoms with Crippen molar-refractivity contribution in [2.45, 2.75) is 51.3 Å². The lowest BCUT2D eigenvalue weighted by atomic mass is 9.76. The van der Waals surface area contributed by atoms with Gasteiger partial charge in [-0.1, -0.05) is 50.2 Å². The van der Waals surface area contributed by atoms with Crippen LogP contribution in [0.2, 0.25) is 0 Å². The molecule has 5 atom stereocenters. The normalized spacial score (nSPS) is 27.6. The number of amides is 2. The molecule has 0 aromatic heterocycles. The first-order valence-corrected chi connectivity index (χ1v) is 11.2. The zero-order valence-electron chi connectivity index (χ0n) is 18.8. The number of rotatable bonds is 6. The Labute approximate surface area is 191 Å². The summed E-state index contributed by atoms with van der Waals surface area (Å²) in [7, 11) is 0. The number of aryl methyl sites for hydroxylation is 2. The first-order chi connectivity index (χ1) is 15.7. The smallest absolute Gasteiger partial charge is 0.327 e. The van der Waals surface area contributed by atoms with Crippen LogP contribution in [-0.4, -0.2) is 44.7 Å². The molecule has 4 rings (SSSR count). The second-order valence-corrected chi connectivity index (χ2v) is 8.68. The Kier molecular flexibility index (Phi) is 5.76. The fourth-order valence-corrected chi connectivity index (χ4v) is 5.44. The zero-order chi connectivity index (χ0) is 24.1. The molecule has 4 N–H and O–H groups in total. The number of hydrogen-bond acceptors (Lipinski definition) is 6. The number of aliphatic carboxylic acids is 1. The summed E-state index contributed by atoms with van der Waals surface area (Å²) in [6.07, 6.45) is -0.323. The van der Waals surface area contributed by atoms with E-state index in [2.05, 4.69) is 5.32 Å². The number of aromatic hydroxyl groups is 1. The minimum atomic E-state index is -2.09. The van der Waals surface area contributed by atoms with Crippen LogP contribution in [0, 0.1) is 11.8 Å². The van der Waals surface area contributed by atoms with Gasteiger partial charge < -0.3 is 15.3 Å². The summed E-state index contributed by atoms with van der Waals surface area (Å²) >= 11 is 0. The summed E-state index contributed by atoms with van der Waals surface area (Å²) in [5.41, 5.74) is 0.320. The van der Waals surface area contributed by atoms with Crippen LogP contribution in [0.5, 0.6) is 5.75 Å². The summed E-state index contributed by atoms with van der Waals surface area (Å²) in [5.74, 6) is -5.19. The maximum absolute atomic E-state index is 13.9. The van der Waals surface area contributed by atoms with Crippen molar-refractivity contribution in [2.75, 3.05) is 4.90 Å². The van der Waals surface area contributed by atoms with Gasteiger partial charge in [-0.15, -0.1) is 0 Å². The van der Waals surface area contributed by atoms with Crippen LogP contribution < -0.4 is 10.2 Å². The van der Waals surface area contributed by atoms with Gasteiger partial charge in [0.25, 0.3) is 0 Å². The minimum Gasteiger partial charge on any atom is -0.508 e. The highest BCUT2D eigenvalue weighted by atomic mass is 16.4. The number of carboxylic acid groups (broad SMARTS) is 1. The lowest BCUT2D eigenvalue weighted by Crippen LogP contribution is -2.62. The zero-order valence-corrected chi connectivity index (χ0v) is 18.8. The number of phenolic OH excluding ortho intramolecular Hbond substituents is 1. The number of para-hydroxylation sites is 2. The number of phenols is 1. The van der Waals surface area contributed by atoms with Crippen molar-refractivity contribution in [3.05, 3.63) is 59.2 Å². The molecule has 2 aromatic carbocycles. The molecule has 5 unspecified atom stereocenters. The predicted octanol–water partition coefficient (Wildman–Crippen LogP) is 2.17. The maximum atomic E-state index is 13.9. The van der Waals surface area contributed by atoms with Crippen molar-refractivity contribution in [1.29, 1.82) is 0 Å². The molecule has 0 bridgehead atoms. The average molecular weight is 453 g/mol. The molecule has 0 aliphatic carbocycles. The van der Waals surface area contributed by atoms with E-state index in [9.17, 15) is 29.7 Å². The summed E-state index contributed by atoms with van der Waals surface area (Å²) in [5, 5.41) is 34.2. The number of anilines is 1. The highest BCUT2D eigenvalue weighted by Crippen LogP contribution is 2.52. The first kappa shape index (κ1) is 22.9. The van der Waals surface area contributed by atoms with E-state index in [1.807, 2.05) is 32.0 Å². The lowest BCUT2D eigenvalue weighted by Gasteiger charge is -2.34. The summed E-state index contributed by atoms with van der Waals surface area (Å²) < 4.78 is 0. The van der Waals surface area contributed by atoms with Gasteiger partial charge in [-0.05, 0) is 37.0 Å². The average Bonchev–Trinajstić information content (AvgIpc) is 3.28. The topological polar surface area (TPSA) is 127 Å². The molecular formula is C25H28N2O6. The highest BCUT2D eigenvalue weighted by Gasteiger charge is 2.70. The van der Waals surface area contributed by atoms with Crippen LogP contribution in [-0.2, 0) is 27.2 Å². The molecule has 8 nitrogen and oxygen atoms in total. The fraction of sp³-hybridized carbons (Fsp3) is 0.400. The second-order valence-electron chi connectivity index (χ2n) is 8.68. The van der Waals surface area contributed by atoms with Crippen molar-refractivity contribution in [3.8, 4) is 5.75 Å². The van der Waals surface area contributed by atoms with Crippen molar-refractivity contribution in [1.82, 2.24) is 5.32 Å². The monoisotopic (exact) mass is 452 g/mol. The number of nitrogens with zero attached hydrogens (tertiary/aromatic N) is 1. The second kappa shape index (κ2) is 8.28. The molecule has 8 heteroatoms. The van der Waals surface area contributed by atoms with Gasteiger partial charge >= 0.3 is 5.97 Å². The van der Waals surface area contributed by atoms with Crippen molar-refractivity contribution >= 4 is 23.5 Å². The molecule has 0 saturated carbocycles. The van der Waals surface area contributed by atoms with Crippen molar-refractivity contribution < 1.29 is 29.7 Å². The van der Waals surface area contributed by atoms with E-state index >= 15 is 0 Å². The summed E-state index contributed by atoms with van der Waals surface area (Å²) in [4.78, 5) is 41.4. The van der Waals surface area contributed by atoms with Gasteiger partial charge in [-0.25, -0.2) is 4.90 Å². The van der Waals surface area contributed by atoms with E-state index in [1.165, 1.54) is 13.0 Å². The number of carboxylic acids is 1. The molecule has 2 amide bonds. The molecule has 174 valence electrons. The van der Waals surface area contributed by atoms with E-state index in [0.717, 1.165) is 16.0 Å². The van der Waals surface area contributed by atoms with Gasteiger partial charge in [-0.2, -0.15) is 0 Å². The molecule has 2 aromatic rings. The third-order valence-corrected chi connectivity index (χ3v) is 7.07. The Balaban J connectivity index is 1.95. The number of fused-ring (bicyclic) bond motifs is 1. The number of imide groups is 1. The van der Waals surface area contributed by atoms with E-state index in [4.69, 9.17) is 0 Å². The van der Waals surface area contributed by atoms with Crippen LogP contribution >= 0.6 is 0 Å². The molecule has 2 aliphatic heterocycles. The van der Waals surface area contributed by atoms with Crippen LogP contribution in [0.4, 0.5) is 5.69 Å². The maximum Gasteiger partial charge on any atom is 0.327 e. The number of aliphatic hydroxyl groups excluding tert-OH is 1. The number of aliphatic hydroxyl groups is 1. The van der Waals surface area contributed by atoms with Crippen LogP contribution in [0.25, 0.3) is 0 Å². The van der Waals surface area contributed by atoms with Gasteiger partial charge in [0.1, 0.15) is 5.75 Å². The van der Waals surface area contributed by atoms with Crippen LogP contribution in [0.15, 0.2) is 42.5 Å². The Bertz CT molecular complexity index is 1110. The van der Waals surface area contributed by atoms with E-state index in [0.29, 0.717) is 24.1 Å². The first-order valence-electron chi connectivity index (χ1n) is 11.2. The lowest BCUT2D eigenvalue weighted by molar-refractivity contribution is -0.154. The third-order valence-electron chi connectivity index (χ3n) is 7.07. The third kappa shape index (κ3) is 3.16. The SMILES string of the molecule is CCc1cccc(CC)c1N1C(=O)C2C(c3ccccc3O)NC(C(=O)O)(C(C)O)C2C1=O. The molecule has 2 aliphatic rings. The fourth-order valence-electron chi connectivity index (χ4n) is 5.44. The van der Waals surface area contributed by atoms with Gasteiger partial charge in [-0.3, -0.25) is 19.7 Å². The van der Waals surface area contributed by atoms with Crippen molar-refractivity contribution in [3.63, 3.8) is 0 Å². The van der Waals surface area contributed by atoms with E-state index in [-0.39, 0.29) is 5.75 Å². The number of carbonyl (C=O) groups excluding carboxylic acids is 2. The predicted molar refractivity (Wildman–Crippen MR) is 121 cm³/mol. The standard InChI is InChI=1S/C25H28N2O6/c1-4-14-9-8-10-15(5-2)21(14)27-22(30)18-19(23(27)31)25(13(3)28,24(32)33)26-20(18)16-11-6-7-12-17(16)29/h6-13,18-20,26,28-29H,4-5H2,1-3H3,(H,32,33). The molecule has 2 heterocycles. The Morgan fingerprint density at radius 2 is 1.67 bits per heavy atom. The van der Waals surface area contributed by atoms with Gasteiger partial charge in [0, 0.05) is 11.6 Å². The van der Waals surface area contributed by atoms with Crippen LogP contribution in [0.3, 0.4) is 0 Å². The number of carbonyl (C=O) groups is 3. The molecular weight excluding hydrogens is 424 g/mol. The van der Waals surface area contributed by atoms with E-state index in [1.54, 1.807) is 18.2 Å². The number of benzene rings is 2. The highest BCUT2D eigenvalue weighted by molar-refractivity contribution is 6.25. The minimum absolute atomic E-state index is 0.123. The Morgan fingerprint density at radius 3 is 2.18 bits per heavy atom. The van der Waals surface area contributed by atoms with Gasteiger partial charge in [0.05, 0.1) is 23.6 Å². The molecule has 2 saturated heterocycles. The summed E-state index contributed by atoms with van der Waals surface area (Å²) in [6.45, 7) is 5.14. The number of nitrogens with one attached hydrogen (secondary N) is 1. The quantitative estimate of drug-likeness (QED) is 0.495. The summed E-state index contributed by atoms with van der Waals surface area (Å²) in [6, 6.07) is 10.9. The van der Waals surface area contributed by atoms with Gasteiger partial charge in [0.15, 0.2) is 5.54 Å². The number of hydrogen-bond donors (Lipinski definition) is 4. The molecule has 33 heavy (non-hydrogen) atoms. The largest absolute Gasteiger partial charge is 0.508 e. The molecule has 2 fully saturated rings. The van der Waals surface area contributed by atoms with Crippen LogP contribution in [0.1, 0.15) is 43.5 Å². The van der Waals surface area contributed by atoms with Gasteiger partial charge in [0.2, 0.25) is 11.8 Å². The molecule has 0 spiro atoms. The Morgan fingerprint density at radius 1 is 1.06 bits per heavy atom. The molecule has 0 radical (unpaired) electrons. The van der Waals surface area contributed by atoms with E-state index < -0.39 is 47.3 Å². The Hall–Kier alpha value is -3.23.